The van der Waals surface area contributed by atoms with E-state index in [-0.39, 0.29) is 12.1 Å². The second kappa shape index (κ2) is 4.50. The Balaban J connectivity index is 1.81. The first-order chi connectivity index (χ1) is 10.6. The lowest BCUT2D eigenvalue weighted by Crippen LogP contribution is -2.65. The van der Waals surface area contributed by atoms with Gasteiger partial charge in [-0.1, -0.05) is 35.9 Å². The zero-order chi connectivity index (χ0) is 15.3. The first-order valence-corrected chi connectivity index (χ1v) is 7.52. The summed E-state index contributed by atoms with van der Waals surface area (Å²) in [5.74, 6) is 0.852. The second-order valence-corrected chi connectivity index (χ2v) is 6.20. The smallest absolute Gasteiger partial charge is 0.325 e. The van der Waals surface area contributed by atoms with Crippen LogP contribution in [0.5, 0.6) is 5.75 Å². The van der Waals surface area contributed by atoms with Crippen LogP contribution in [-0.2, 0) is 0 Å². The van der Waals surface area contributed by atoms with Crippen LogP contribution in [0, 0.1) is 6.92 Å². The number of urea groups is 1. The average molecular weight is 294 g/mol. The molecule has 0 aromatic heterocycles. The van der Waals surface area contributed by atoms with Gasteiger partial charge in [0.25, 0.3) is 0 Å². The van der Waals surface area contributed by atoms with E-state index in [0.717, 1.165) is 23.4 Å². The Morgan fingerprint density at radius 1 is 1.23 bits per heavy atom. The van der Waals surface area contributed by atoms with E-state index < -0.39 is 5.72 Å². The van der Waals surface area contributed by atoms with Crippen molar-refractivity contribution in [2.45, 2.75) is 32.0 Å². The zero-order valence-corrected chi connectivity index (χ0v) is 12.7. The molecule has 0 radical (unpaired) electrons. The van der Waals surface area contributed by atoms with Gasteiger partial charge < -0.3 is 10.1 Å². The SMILES string of the molecule is Cc1ccc2c(c1)[C@H]1C[C@@](C)(O2)N(c2ccccc2)C(=O)N1. The van der Waals surface area contributed by atoms with E-state index in [4.69, 9.17) is 4.74 Å². The van der Waals surface area contributed by atoms with Crippen LogP contribution in [0.3, 0.4) is 0 Å². The highest BCUT2D eigenvalue weighted by molar-refractivity contribution is 5.94. The minimum Gasteiger partial charge on any atom is -0.467 e. The summed E-state index contributed by atoms with van der Waals surface area (Å²) < 4.78 is 6.25. The Kier molecular flexibility index (Phi) is 2.70. The molecule has 4 nitrogen and oxygen atoms in total. The third-order valence-corrected chi connectivity index (χ3v) is 4.44. The van der Waals surface area contributed by atoms with Crippen LogP contribution < -0.4 is 15.0 Å². The fraction of sp³-hybridized carbons (Fsp3) is 0.278. The van der Waals surface area contributed by atoms with Crippen molar-refractivity contribution in [2.75, 3.05) is 4.90 Å². The maximum atomic E-state index is 12.6. The number of rotatable bonds is 1. The molecule has 0 aliphatic carbocycles. The molecule has 2 aliphatic rings. The minimum absolute atomic E-state index is 0.00103. The first-order valence-electron chi connectivity index (χ1n) is 7.52. The summed E-state index contributed by atoms with van der Waals surface area (Å²) in [6, 6.07) is 15.7. The first kappa shape index (κ1) is 13.2. The molecular weight excluding hydrogens is 276 g/mol. The molecule has 4 rings (SSSR count). The van der Waals surface area contributed by atoms with E-state index in [1.54, 1.807) is 4.90 Å². The predicted octanol–water partition coefficient (Wildman–Crippen LogP) is 3.76. The Labute approximate surface area is 129 Å². The van der Waals surface area contributed by atoms with Crippen molar-refractivity contribution in [3.63, 3.8) is 0 Å². The maximum absolute atomic E-state index is 12.6. The van der Waals surface area contributed by atoms with Gasteiger partial charge in [0, 0.05) is 17.7 Å². The molecule has 2 heterocycles. The lowest BCUT2D eigenvalue weighted by Gasteiger charge is -2.50. The molecule has 1 N–H and O–H groups in total. The number of para-hydroxylation sites is 1. The van der Waals surface area contributed by atoms with Gasteiger partial charge in [0.15, 0.2) is 5.72 Å². The van der Waals surface area contributed by atoms with Gasteiger partial charge in [0.05, 0.1) is 6.04 Å². The third-order valence-electron chi connectivity index (χ3n) is 4.44. The maximum Gasteiger partial charge on any atom is 0.325 e. The Morgan fingerprint density at radius 2 is 2.00 bits per heavy atom. The predicted molar refractivity (Wildman–Crippen MR) is 85.0 cm³/mol. The van der Waals surface area contributed by atoms with Crippen molar-refractivity contribution in [1.82, 2.24) is 5.32 Å². The van der Waals surface area contributed by atoms with E-state index >= 15 is 0 Å². The number of fused-ring (bicyclic) bond motifs is 4. The van der Waals surface area contributed by atoms with Crippen LogP contribution in [0.1, 0.15) is 30.5 Å². The van der Waals surface area contributed by atoms with Gasteiger partial charge >= 0.3 is 6.03 Å². The standard InChI is InChI=1S/C18H18N2O2/c1-12-8-9-16-14(10-12)15-11-18(2,22-16)20(17(21)19-15)13-6-4-3-5-7-13/h3-10,15H,11H2,1-2H3,(H,19,21)/t15-,18-/m1/s1. The number of aryl methyl sites for hydroxylation is 1. The number of nitrogens with zero attached hydrogens (tertiary/aromatic N) is 1. The van der Waals surface area contributed by atoms with Crippen molar-refractivity contribution < 1.29 is 9.53 Å². The zero-order valence-electron chi connectivity index (χ0n) is 12.7. The normalized spacial score (nSPS) is 26.0. The van der Waals surface area contributed by atoms with Crippen LogP contribution in [0.25, 0.3) is 0 Å². The number of carbonyl (C=O) groups excluding carboxylic acids is 1. The van der Waals surface area contributed by atoms with E-state index in [1.807, 2.05) is 49.4 Å². The van der Waals surface area contributed by atoms with Crippen LogP contribution in [0.15, 0.2) is 48.5 Å². The molecule has 1 saturated heterocycles. The largest absolute Gasteiger partial charge is 0.467 e. The number of nitrogens with one attached hydrogen (secondary N) is 1. The molecule has 2 aliphatic heterocycles. The van der Waals surface area contributed by atoms with E-state index in [0.29, 0.717) is 0 Å². The molecule has 2 aromatic carbocycles. The summed E-state index contributed by atoms with van der Waals surface area (Å²) in [5.41, 5.74) is 2.41. The fourth-order valence-corrected chi connectivity index (χ4v) is 3.46. The van der Waals surface area contributed by atoms with E-state index in [1.165, 1.54) is 5.56 Å². The Hall–Kier alpha value is -2.49. The second-order valence-electron chi connectivity index (χ2n) is 6.20. The fourth-order valence-electron chi connectivity index (χ4n) is 3.46. The van der Waals surface area contributed by atoms with Crippen molar-refractivity contribution in [3.05, 3.63) is 59.7 Å². The molecule has 22 heavy (non-hydrogen) atoms. The van der Waals surface area contributed by atoms with Crippen molar-refractivity contribution in [1.29, 1.82) is 0 Å². The Morgan fingerprint density at radius 3 is 2.77 bits per heavy atom. The van der Waals surface area contributed by atoms with Crippen molar-refractivity contribution in [2.24, 2.45) is 0 Å². The summed E-state index contributed by atoms with van der Waals surface area (Å²) in [6.07, 6.45) is 0.726. The number of carbonyl (C=O) groups is 1. The molecule has 0 unspecified atom stereocenters. The lowest BCUT2D eigenvalue weighted by atomic mass is 9.89. The van der Waals surface area contributed by atoms with Crippen LogP contribution in [0.4, 0.5) is 10.5 Å². The topological polar surface area (TPSA) is 41.6 Å². The monoisotopic (exact) mass is 294 g/mol. The number of amides is 2. The highest BCUT2D eigenvalue weighted by atomic mass is 16.5. The van der Waals surface area contributed by atoms with Crippen molar-refractivity contribution in [3.8, 4) is 5.75 Å². The molecule has 2 bridgehead atoms. The van der Waals surface area contributed by atoms with Gasteiger partial charge in [-0.05, 0) is 32.0 Å². The summed E-state index contributed by atoms with van der Waals surface area (Å²) in [6.45, 7) is 4.03. The quantitative estimate of drug-likeness (QED) is 0.870. The highest BCUT2D eigenvalue weighted by Gasteiger charge is 2.49. The molecule has 0 saturated carbocycles. The molecule has 2 amide bonds. The van der Waals surface area contributed by atoms with Gasteiger partial charge in [-0.15, -0.1) is 0 Å². The number of hydrogen-bond donors (Lipinski definition) is 1. The molecule has 1 fully saturated rings. The third kappa shape index (κ3) is 1.87. The molecule has 2 atom stereocenters. The van der Waals surface area contributed by atoms with Crippen LogP contribution in [-0.4, -0.2) is 11.8 Å². The molecule has 0 spiro atoms. The minimum atomic E-state index is -0.670. The molecular formula is C18H18N2O2. The van der Waals surface area contributed by atoms with E-state index in [2.05, 4.69) is 18.3 Å². The van der Waals surface area contributed by atoms with Gasteiger partial charge in [-0.2, -0.15) is 0 Å². The molecule has 2 aromatic rings. The lowest BCUT2D eigenvalue weighted by molar-refractivity contribution is 0.0378. The summed E-state index contributed by atoms with van der Waals surface area (Å²) >= 11 is 0. The molecule has 4 heteroatoms. The van der Waals surface area contributed by atoms with Gasteiger partial charge in [0.1, 0.15) is 5.75 Å². The van der Waals surface area contributed by atoms with Crippen molar-refractivity contribution >= 4 is 11.7 Å². The number of ether oxygens (including phenoxy) is 1. The summed E-state index contributed by atoms with van der Waals surface area (Å²) in [5, 5.41) is 3.11. The number of hydrogen-bond acceptors (Lipinski definition) is 2. The highest BCUT2D eigenvalue weighted by Crippen LogP contribution is 2.45. The van der Waals surface area contributed by atoms with Crippen LogP contribution in [0.2, 0.25) is 0 Å². The Bertz CT molecular complexity index is 744. The van der Waals surface area contributed by atoms with Gasteiger partial charge in [-0.3, -0.25) is 4.90 Å². The number of anilines is 1. The summed E-state index contributed by atoms with van der Waals surface area (Å²) in [7, 11) is 0. The summed E-state index contributed by atoms with van der Waals surface area (Å²) in [4.78, 5) is 14.4. The number of benzene rings is 2. The average Bonchev–Trinajstić information content (AvgIpc) is 2.48. The van der Waals surface area contributed by atoms with E-state index in [9.17, 15) is 4.79 Å². The van der Waals surface area contributed by atoms with Gasteiger partial charge in [-0.25, -0.2) is 4.79 Å². The molecule has 112 valence electrons. The van der Waals surface area contributed by atoms with Gasteiger partial charge in [0.2, 0.25) is 0 Å². The van der Waals surface area contributed by atoms with Crippen LogP contribution >= 0.6 is 0 Å².